The second-order valence-corrected chi connectivity index (χ2v) is 4.66. The molecule has 0 radical (unpaired) electrons. The topological polar surface area (TPSA) is 78.0 Å². The van der Waals surface area contributed by atoms with Crippen LogP contribution in [-0.2, 0) is 6.42 Å². The van der Waals surface area contributed by atoms with Crippen molar-refractivity contribution in [3.63, 3.8) is 0 Å². The predicted molar refractivity (Wildman–Crippen MR) is 71.7 cm³/mol. The average Bonchev–Trinajstić information content (AvgIpc) is 2.76. The molecule has 6 heteroatoms. The maximum Gasteiger partial charge on any atom is 0.260 e. The van der Waals surface area contributed by atoms with Gasteiger partial charge in [0.25, 0.3) is 5.91 Å². The van der Waals surface area contributed by atoms with Crippen molar-refractivity contribution in [3.05, 3.63) is 40.0 Å². The van der Waals surface area contributed by atoms with E-state index in [1.165, 1.54) is 6.07 Å². The van der Waals surface area contributed by atoms with Gasteiger partial charge in [0.1, 0.15) is 5.75 Å². The Morgan fingerprint density at radius 2 is 2.28 bits per heavy atom. The summed E-state index contributed by atoms with van der Waals surface area (Å²) in [6, 6.07) is 6.46. The molecule has 0 atom stereocenters. The maximum atomic E-state index is 11.9. The molecule has 94 valence electrons. The van der Waals surface area contributed by atoms with Crippen molar-refractivity contribution in [2.24, 2.45) is 0 Å². The quantitative estimate of drug-likeness (QED) is 0.815. The van der Waals surface area contributed by atoms with Crippen LogP contribution in [0.3, 0.4) is 0 Å². The summed E-state index contributed by atoms with van der Waals surface area (Å²) in [5.74, 6) is -0.0264. The lowest BCUT2D eigenvalue weighted by Gasteiger charge is -2.04. The number of nitrogens with one attached hydrogen (secondary N) is 2. The first-order valence-electron chi connectivity index (χ1n) is 5.44. The standard InChI is InChI=1S/C12H12BrN3O2/c1-2-8-6-11(16-15-8)14-12(18)9-4-3-7(13)5-10(9)17/h3-6,17H,2H2,1H3,(H2,14,15,16,18). The summed E-state index contributed by atoms with van der Waals surface area (Å²) in [7, 11) is 0. The molecule has 0 bridgehead atoms. The maximum absolute atomic E-state index is 11.9. The van der Waals surface area contributed by atoms with Gasteiger partial charge in [-0.1, -0.05) is 22.9 Å². The van der Waals surface area contributed by atoms with Gasteiger partial charge in [0.2, 0.25) is 0 Å². The SMILES string of the molecule is CCc1cc(NC(=O)c2ccc(Br)cc2O)n[nH]1. The summed E-state index contributed by atoms with van der Waals surface area (Å²) in [6.45, 7) is 1.99. The first kappa shape index (κ1) is 12.6. The van der Waals surface area contributed by atoms with Crippen LogP contribution in [0.25, 0.3) is 0 Å². The number of carbonyl (C=O) groups is 1. The van der Waals surface area contributed by atoms with Crippen molar-refractivity contribution >= 4 is 27.7 Å². The molecule has 18 heavy (non-hydrogen) atoms. The van der Waals surface area contributed by atoms with Gasteiger partial charge in [0.05, 0.1) is 5.56 Å². The Morgan fingerprint density at radius 1 is 1.50 bits per heavy atom. The van der Waals surface area contributed by atoms with Gasteiger partial charge in [0, 0.05) is 16.2 Å². The first-order valence-corrected chi connectivity index (χ1v) is 6.23. The van der Waals surface area contributed by atoms with E-state index < -0.39 is 5.91 Å². The number of benzene rings is 1. The highest BCUT2D eigenvalue weighted by atomic mass is 79.9. The average molecular weight is 310 g/mol. The van der Waals surface area contributed by atoms with E-state index in [-0.39, 0.29) is 11.3 Å². The first-order chi connectivity index (χ1) is 8.60. The number of aromatic nitrogens is 2. The number of halogens is 1. The van der Waals surface area contributed by atoms with Crippen LogP contribution in [0.1, 0.15) is 23.0 Å². The third-order valence-electron chi connectivity index (χ3n) is 2.46. The zero-order valence-electron chi connectivity index (χ0n) is 9.70. The minimum Gasteiger partial charge on any atom is -0.507 e. The van der Waals surface area contributed by atoms with E-state index in [0.717, 1.165) is 12.1 Å². The van der Waals surface area contributed by atoms with E-state index >= 15 is 0 Å². The predicted octanol–water partition coefficient (Wildman–Crippen LogP) is 2.69. The summed E-state index contributed by atoms with van der Waals surface area (Å²) in [5, 5.41) is 19.0. The third kappa shape index (κ3) is 2.70. The van der Waals surface area contributed by atoms with E-state index in [1.54, 1.807) is 18.2 Å². The van der Waals surface area contributed by atoms with Crippen molar-refractivity contribution in [3.8, 4) is 5.75 Å². The number of hydrogen-bond donors (Lipinski definition) is 3. The highest BCUT2D eigenvalue weighted by molar-refractivity contribution is 9.10. The number of aromatic amines is 1. The van der Waals surface area contributed by atoms with Crippen LogP contribution >= 0.6 is 15.9 Å². The fourth-order valence-corrected chi connectivity index (χ4v) is 1.84. The number of hydrogen-bond acceptors (Lipinski definition) is 3. The van der Waals surface area contributed by atoms with Gasteiger partial charge in [-0.15, -0.1) is 0 Å². The van der Waals surface area contributed by atoms with Crippen LogP contribution in [0.5, 0.6) is 5.75 Å². The number of aryl methyl sites for hydroxylation is 1. The van der Waals surface area contributed by atoms with Crippen LogP contribution in [0.4, 0.5) is 5.82 Å². The van der Waals surface area contributed by atoms with Crippen LogP contribution in [0.15, 0.2) is 28.7 Å². The van der Waals surface area contributed by atoms with E-state index in [0.29, 0.717) is 10.3 Å². The van der Waals surface area contributed by atoms with Gasteiger partial charge in [0.15, 0.2) is 5.82 Å². The summed E-state index contributed by atoms with van der Waals surface area (Å²) in [6.07, 6.45) is 0.812. The molecule has 1 amide bonds. The van der Waals surface area contributed by atoms with E-state index in [1.807, 2.05) is 6.92 Å². The lowest BCUT2D eigenvalue weighted by molar-refractivity contribution is 0.102. The molecule has 0 fully saturated rings. The molecule has 0 aliphatic heterocycles. The van der Waals surface area contributed by atoms with Crippen LogP contribution in [0, 0.1) is 0 Å². The Morgan fingerprint density at radius 3 is 2.89 bits per heavy atom. The normalized spacial score (nSPS) is 10.3. The Bertz CT molecular complexity index is 580. The summed E-state index contributed by atoms with van der Waals surface area (Å²) < 4.78 is 0.713. The molecule has 0 spiro atoms. The fourth-order valence-electron chi connectivity index (χ4n) is 1.49. The largest absolute Gasteiger partial charge is 0.507 e. The molecule has 3 N–H and O–H groups in total. The minimum absolute atomic E-state index is 0.0758. The number of phenols is 1. The number of H-pyrrole nitrogens is 1. The Hall–Kier alpha value is -1.82. The van der Waals surface area contributed by atoms with E-state index in [4.69, 9.17) is 0 Å². The van der Waals surface area contributed by atoms with Gasteiger partial charge in [-0.2, -0.15) is 5.10 Å². The monoisotopic (exact) mass is 309 g/mol. The molecule has 1 aromatic heterocycles. The summed E-state index contributed by atoms with van der Waals surface area (Å²) in [5.41, 5.74) is 1.14. The Kier molecular flexibility index (Phi) is 3.66. The summed E-state index contributed by atoms with van der Waals surface area (Å²) >= 11 is 3.22. The molecule has 5 nitrogen and oxygen atoms in total. The van der Waals surface area contributed by atoms with Gasteiger partial charge >= 0.3 is 0 Å². The number of nitrogens with zero attached hydrogens (tertiary/aromatic N) is 1. The second kappa shape index (κ2) is 5.22. The molecule has 1 heterocycles. The van der Waals surface area contributed by atoms with Crippen molar-refractivity contribution in [1.82, 2.24) is 10.2 Å². The molecule has 1 aromatic carbocycles. The van der Waals surface area contributed by atoms with Crippen LogP contribution in [0.2, 0.25) is 0 Å². The van der Waals surface area contributed by atoms with Crippen molar-refractivity contribution in [2.45, 2.75) is 13.3 Å². The highest BCUT2D eigenvalue weighted by Gasteiger charge is 2.12. The number of rotatable bonds is 3. The molecular weight excluding hydrogens is 298 g/mol. The van der Waals surface area contributed by atoms with Crippen LogP contribution in [-0.4, -0.2) is 21.2 Å². The molecule has 2 aromatic rings. The number of aromatic hydroxyl groups is 1. The van der Waals surface area contributed by atoms with Gasteiger partial charge in [-0.3, -0.25) is 9.89 Å². The van der Waals surface area contributed by atoms with E-state index in [9.17, 15) is 9.90 Å². The zero-order valence-corrected chi connectivity index (χ0v) is 11.3. The zero-order chi connectivity index (χ0) is 13.1. The number of carbonyl (C=O) groups excluding carboxylic acids is 1. The van der Waals surface area contributed by atoms with Gasteiger partial charge in [-0.25, -0.2) is 0 Å². The summed E-state index contributed by atoms with van der Waals surface area (Å²) in [4.78, 5) is 11.9. The van der Waals surface area contributed by atoms with Crippen molar-refractivity contribution < 1.29 is 9.90 Å². The number of anilines is 1. The Balaban J connectivity index is 2.16. The van der Waals surface area contributed by atoms with Crippen molar-refractivity contribution in [2.75, 3.05) is 5.32 Å². The number of phenolic OH excluding ortho intramolecular Hbond substituents is 1. The molecule has 2 rings (SSSR count). The van der Waals surface area contributed by atoms with Crippen molar-refractivity contribution in [1.29, 1.82) is 0 Å². The van der Waals surface area contributed by atoms with Crippen LogP contribution < -0.4 is 5.32 Å². The lowest BCUT2D eigenvalue weighted by atomic mass is 10.2. The fraction of sp³-hybridized carbons (Fsp3) is 0.167. The third-order valence-corrected chi connectivity index (χ3v) is 2.95. The minimum atomic E-state index is -0.394. The molecule has 0 unspecified atom stereocenters. The highest BCUT2D eigenvalue weighted by Crippen LogP contribution is 2.23. The molecule has 0 saturated carbocycles. The molecule has 0 aliphatic carbocycles. The van der Waals surface area contributed by atoms with Gasteiger partial charge in [-0.05, 0) is 24.6 Å². The Labute approximate surface area is 112 Å². The molecule has 0 aliphatic rings. The molecular formula is C12H12BrN3O2. The van der Waals surface area contributed by atoms with E-state index in [2.05, 4.69) is 31.4 Å². The second-order valence-electron chi connectivity index (χ2n) is 3.75. The molecule has 0 saturated heterocycles. The smallest absolute Gasteiger partial charge is 0.260 e. The number of amides is 1. The van der Waals surface area contributed by atoms with Gasteiger partial charge < -0.3 is 10.4 Å². The lowest BCUT2D eigenvalue weighted by Crippen LogP contribution is -2.12.